The SMILES string of the molecule is CC(N)C1CCCCN1C(=O)c1cc(C(N)=O)cn1C. The number of aromatic nitrogens is 1. The van der Waals surface area contributed by atoms with Crippen molar-refractivity contribution in [3.05, 3.63) is 23.5 Å². The van der Waals surface area contributed by atoms with Gasteiger partial charge in [0.15, 0.2) is 0 Å². The van der Waals surface area contributed by atoms with Crippen molar-refractivity contribution in [2.45, 2.75) is 38.3 Å². The molecule has 110 valence electrons. The molecule has 0 spiro atoms. The van der Waals surface area contributed by atoms with Crippen LogP contribution < -0.4 is 11.5 Å². The van der Waals surface area contributed by atoms with Gasteiger partial charge in [0.05, 0.1) is 5.56 Å². The van der Waals surface area contributed by atoms with Crippen LogP contribution >= 0.6 is 0 Å². The zero-order valence-corrected chi connectivity index (χ0v) is 12.0. The maximum absolute atomic E-state index is 12.7. The molecule has 1 aliphatic heterocycles. The van der Waals surface area contributed by atoms with Gasteiger partial charge in [0, 0.05) is 31.9 Å². The lowest BCUT2D eigenvalue weighted by molar-refractivity contribution is 0.0574. The zero-order chi connectivity index (χ0) is 14.9. The fraction of sp³-hybridized carbons (Fsp3) is 0.571. The van der Waals surface area contributed by atoms with Gasteiger partial charge in [-0.3, -0.25) is 9.59 Å². The number of aryl methyl sites for hydroxylation is 1. The lowest BCUT2D eigenvalue weighted by atomic mass is 9.96. The number of hydrogen-bond donors (Lipinski definition) is 2. The molecular formula is C14H22N4O2. The molecule has 2 amide bonds. The summed E-state index contributed by atoms with van der Waals surface area (Å²) in [5.74, 6) is -0.607. The summed E-state index contributed by atoms with van der Waals surface area (Å²) < 4.78 is 1.65. The summed E-state index contributed by atoms with van der Waals surface area (Å²) in [5, 5.41) is 0. The van der Waals surface area contributed by atoms with E-state index in [1.54, 1.807) is 23.9 Å². The van der Waals surface area contributed by atoms with Gasteiger partial charge in [-0.1, -0.05) is 0 Å². The van der Waals surface area contributed by atoms with Crippen LogP contribution in [0.5, 0.6) is 0 Å². The molecule has 2 unspecified atom stereocenters. The van der Waals surface area contributed by atoms with Crippen LogP contribution in [-0.4, -0.2) is 39.9 Å². The number of nitrogens with zero attached hydrogens (tertiary/aromatic N) is 2. The Balaban J connectivity index is 2.27. The Morgan fingerprint density at radius 1 is 1.40 bits per heavy atom. The summed E-state index contributed by atoms with van der Waals surface area (Å²) in [7, 11) is 1.74. The van der Waals surface area contributed by atoms with Crippen LogP contribution in [-0.2, 0) is 7.05 Å². The third-order valence-electron chi connectivity index (χ3n) is 3.93. The summed E-state index contributed by atoms with van der Waals surface area (Å²) in [6, 6.07) is 1.55. The predicted molar refractivity (Wildman–Crippen MR) is 76.3 cm³/mol. The molecular weight excluding hydrogens is 256 g/mol. The fourth-order valence-corrected chi connectivity index (χ4v) is 2.82. The van der Waals surface area contributed by atoms with Crippen LogP contribution in [0, 0.1) is 0 Å². The minimum absolute atomic E-state index is 0.0585. The Bertz CT molecular complexity index is 521. The molecule has 0 aliphatic carbocycles. The van der Waals surface area contributed by atoms with Crippen LogP contribution in [0.4, 0.5) is 0 Å². The van der Waals surface area contributed by atoms with Gasteiger partial charge in [-0.15, -0.1) is 0 Å². The second kappa shape index (κ2) is 5.66. The Morgan fingerprint density at radius 2 is 2.10 bits per heavy atom. The number of carbonyl (C=O) groups excluding carboxylic acids is 2. The van der Waals surface area contributed by atoms with E-state index >= 15 is 0 Å². The number of piperidine rings is 1. The van der Waals surface area contributed by atoms with E-state index in [0.717, 1.165) is 19.3 Å². The van der Waals surface area contributed by atoms with Crippen molar-refractivity contribution in [2.75, 3.05) is 6.54 Å². The Morgan fingerprint density at radius 3 is 2.65 bits per heavy atom. The van der Waals surface area contributed by atoms with Crippen LogP contribution in [0.1, 0.15) is 47.0 Å². The lowest BCUT2D eigenvalue weighted by Crippen LogP contribution is -2.52. The topological polar surface area (TPSA) is 94.3 Å². The van der Waals surface area contributed by atoms with E-state index in [-0.39, 0.29) is 18.0 Å². The second-order valence-corrected chi connectivity index (χ2v) is 5.51. The average molecular weight is 278 g/mol. The number of carbonyl (C=O) groups is 2. The molecule has 0 aromatic carbocycles. The first-order chi connectivity index (χ1) is 9.41. The van der Waals surface area contributed by atoms with Crippen molar-refractivity contribution in [2.24, 2.45) is 18.5 Å². The quantitative estimate of drug-likeness (QED) is 0.841. The first-order valence-electron chi connectivity index (χ1n) is 6.94. The van der Waals surface area contributed by atoms with Crippen molar-refractivity contribution >= 4 is 11.8 Å². The smallest absolute Gasteiger partial charge is 0.270 e. The molecule has 6 heteroatoms. The highest BCUT2D eigenvalue weighted by Gasteiger charge is 2.31. The Hall–Kier alpha value is -1.82. The van der Waals surface area contributed by atoms with E-state index in [2.05, 4.69) is 0 Å². The lowest BCUT2D eigenvalue weighted by Gasteiger charge is -2.38. The van der Waals surface area contributed by atoms with Gasteiger partial charge in [0.2, 0.25) is 5.91 Å². The monoisotopic (exact) mass is 278 g/mol. The van der Waals surface area contributed by atoms with Gasteiger partial charge < -0.3 is 20.9 Å². The molecule has 6 nitrogen and oxygen atoms in total. The predicted octanol–water partition coefficient (Wildman–Crippen LogP) is 0.466. The minimum Gasteiger partial charge on any atom is -0.366 e. The number of likely N-dealkylation sites (tertiary alicyclic amines) is 1. The van der Waals surface area contributed by atoms with E-state index in [9.17, 15) is 9.59 Å². The van der Waals surface area contributed by atoms with Gasteiger partial charge >= 0.3 is 0 Å². The molecule has 20 heavy (non-hydrogen) atoms. The van der Waals surface area contributed by atoms with Crippen molar-refractivity contribution < 1.29 is 9.59 Å². The molecule has 0 bridgehead atoms. The first-order valence-corrected chi connectivity index (χ1v) is 6.94. The normalized spacial score (nSPS) is 20.8. The van der Waals surface area contributed by atoms with Crippen LogP contribution in [0.25, 0.3) is 0 Å². The standard InChI is InChI=1S/C14H22N4O2/c1-9(15)11-5-3-4-6-18(11)14(20)12-7-10(13(16)19)8-17(12)2/h7-9,11H,3-6,15H2,1-2H3,(H2,16,19). The molecule has 1 aromatic heterocycles. The van der Waals surface area contributed by atoms with Crippen LogP contribution in [0.3, 0.4) is 0 Å². The molecule has 1 saturated heterocycles. The van der Waals surface area contributed by atoms with Gasteiger partial charge in [0.1, 0.15) is 5.69 Å². The van der Waals surface area contributed by atoms with E-state index < -0.39 is 5.91 Å². The molecule has 1 fully saturated rings. The molecule has 0 radical (unpaired) electrons. The van der Waals surface area contributed by atoms with Crippen molar-refractivity contribution in [3.8, 4) is 0 Å². The number of primary amides is 1. The summed E-state index contributed by atoms with van der Waals surface area (Å²) in [6.45, 7) is 2.64. The second-order valence-electron chi connectivity index (χ2n) is 5.51. The van der Waals surface area contributed by atoms with Crippen molar-refractivity contribution in [1.29, 1.82) is 0 Å². The van der Waals surface area contributed by atoms with Gasteiger partial charge in [-0.05, 0) is 32.3 Å². The number of nitrogens with two attached hydrogens (primary N) is 2. The Labute approximate surface area is 118 Å². The van der Waals surface area contributed by atoms with Crippen molar-refractivity contribution in [1.82, 2.24) is 9.47 Å². The number of hydrogen-bond acceptors (Lipinski definition) is 3. The highest BCUT2D eigenvalue weighted by atomic mass is 16.2. The molecule has 0 saturated carbocycles. The van der Waals surface area contributed by atoms with Gasteiger partial charge in [-0.2, -0.15) is 0 Å². The number of amides is 2. The van der Waals surface area contributed by atoms with Crippen molar-refractivity contribution in [3.63, 3.8) is 0 Å². The van der Waals surface area contributed by atoms with Gasteiger partial charge in [0.25, 0.3) is 5.91 Å². The Kier molecular flexibility index (Phi) is 4.13. The summed E-state index contributed by atoms with van der Waals surface area (Å²) in [4.78, 5) is 25.7. The maximum Gasteiger partial charge on any atom is 0.270 e. The largest absolute Gasteiger partial charge is 0.366 e. The third kappa shape index (κ3) is 2.70. The van der Waals surface area contributed by atoms with E-state index in [1.165, 1.54) is 0 Å². The summed E-state index contributed by atoms with van der Waals surface area (Å²) in [5.41, 5.74) is 12.1. The van der Waals surface area contributed by atoms with E-state index in [1.807, 2.05) is 11.8 Å². The molecule has 2 rings (SSSR count). The van der Waals surface area contributed by atoms with Gasteiger partial charge in [-0.25, -0.2) is 0 Å². The summed E-state index contributed by atoms with van der Waals surface area (Å²) in [6.07, 6.45) is 4.59. The molecule has 1 aromatic rings. The molecule has 1 aliphatic rings. The molecule has 2 heterocycles. The van der Waals surface area contributed by atoms with Crippen LogP contribution in [0.15, 0.2) is 12.3 Å². The average Bonchev–Trinajstić information content (AvgIpc) is 2.80. The highest BCUT2D eigenvalue weighted by Crippen LogP contribution is 2.22. The van der Waals surface area contributed by atoms with Crippen LogP contribution in [0.2, 0.25) is 0 Å². The highest BCUT2D eigenvalue weighted by molar-refractivity contribution is 5.98. The minimum atomic E-state index is -0.526. The molecule has 4 N–H and O–H groups in total. The molecule has 2 atom stereocenters. The number of rotatable bonds is 3. The van der Waals surface area contributed by atoms with E-state index in [4.69, 9.17) is 11.5 Å². The summed E-state index contributed by atoms with van der Waals surface area (Å²) >= 11 is 0. The fourth-order valence-electron chi connectivity index (χ4n) is 2.82. The first kappa shape index (κ1) is 14.6. The third-order valence-corrected chi connectivity index (χ3v) is 3.93. The zero-order valence-electron chi connectivity index (χ0n) is 12.0. The van der Waals surface area contributed by atoms with E-state index in [0.29, 0.717) is 17.8 Å². The maximum atomic E-state index is 12.7.